The minimum absolute atomic E-state index is 0.00774. The summed E-state index contributed by atoms with van der Waals surface area (Å²) in [5.41, 5.74) is -18.3. The summed E-state index contributed by atoms with van der Waals surface area (Å²) >= 11 is 0. The second-order valence-corrected chi connectivity index (χ2v) is 7.22. The molecule has 4 atom stereocenters. The SMILES string of the molecule is CCC(C)(OC(F)(F)C(F)(F)C(F)(F)F)C(F)(C(F)(F)F)C(F)(F)OC(C)C(F)(C(=O)O)C(F)(F)F. The molecule has 4 nitrogen and oxygen atoms in total. The number of alkyl halides is 17. The van der Waals surface area contributed by atoms with Crippen molar-refractivity contribution in [3.63, 3.8) is 0 Å². The molecule has 0 fully saturated rings. The summed E-state index contributed by atoms with van der Waals surface area (Å²) in [6.07, 6.45) is -42.4. The molecule has 216 valence electrons. The molecule has 0 aromatic heterocycles. The molecule has 36 heavy (non-hydrogen) atoms. The van der Waals surface area contributed by atoms with E-state index in [4.69, 9.17) is 5.11 Å². The Bertz CT molecular complexity index is 803. The number of carboxylic acid groups (broad SMARTS) is 1. The fourth-order valence-corrected chi connectivity index (χ4v) is 2.58. The monoisotopic (exact) mass is 580 g/mol. The van der Waals surface area contributed by atoms with Crippen LogP contribution in [0, 0.1) is 0 Å². The molecule has 0 aliphatic heterocycles. The van der Waals surface area contributed by atoms with E-state index < -0.39 is 85.9 Å². The Morgan fingerprint density at radius 3 is 1.36 bits per heavy atom. The lowest BCUT2D eigenvalue weighted by Gasteiger charge is -2.48. The van der Waals surface area contributed by atoms with Crippen LogP contribution < -0.4 is 0 Å². The summed E-state index contributed by atoms with van der Waals surface area (Å²) in [6, 6.07) is 0. The summed E-state index contributed by atoms with van der Waals surface area (Å²) in [6.45, 7) is -1.44. The third-order valence-corrected chi connectivity index (χ3v) is 4.88. The second-order valence-electron chi connectivity index (χ2n) is 7.22. The zero-order valence-electron chi connectivity index (χ0n) is 17.4. The molecule has 0 spiro atoms. The third kappa shape index (κ3) is 5.13. The van der Waals surface area contributed by atoms with Gasteiger partial charge in [0.05, 0.1) is 0 Å². The van der Waals surface area contributed by atoms with Crippen molar-refractivity contribution in [2.45, 2.75) is 86.9 Å². The van der Waals surface area contributed by atoms with Crippen LogP contribution in [0.3, 0.4) is 0 Å². The van der Waals surface area contributed by atoms with Gasteiger partial charge in [-0.15, -0.1) is 0 Å². The first-order chi connectivity index (χ1) is 15.3. The van der Waals surface area contributed by atoms with Gasteiger partial charge in [0.15, 0.2) is 0 Å². The van der Waals surface area contributed by atoms with E-state index in [0.717, 1.165) is 0 Å². The molecule has 0 aromatic carbocycles. The van der Waals surface area contributed by atoms with Crippen molar-refractivity contribution in [3.8, 4) is 0 Å². The Morgan fingerprint density at radius 1 is 0.722 bits per heavy atom. The third-order valence-electron chi connectivity index (χ3n) is 4.88. The van der Waals surface area contributed by atoms with E-state index in [1.165, 1.54) is 0 Å². The molecular formula is C15H13F17O4. The van der Waals surface area contributed by atoms with Gasteiger partial charge >= 0.3 is 54.0 Å². The van der Waals surface area contributed by atoms with E-state index >= 15 is 4.39 Å². The van der Waals surface area contributed by atoms with Crippen LogP contribution in [0.5, 0.6) is 0 Å². The highest BCUT2D eigenvalue weighted by Crippen LogP contribution is 2.59. The van der Waals surface area contributed by atoms with Crippen LogP contribution in [0.1, 0.15) is 27.2 Å². The Hall–Kier alpha value is -1.80. The molecule has 1 N–H and O–H groups in total. The lowest BCUT2D eigenvalue weighted by molar-refractivity contribution is -0.486. The van der Waals surface area contributed by atoms with Gasteiger partial charge in [0, 0.05) is 0 Å². The second kappa shape index (κ2) is 9.19. The Morgan fingerprint density at radius 2 is 1.11 bits per heavy atom. The first kappa shape index (κ1) is 34.2. The molecule has 0 rings (SSSR count). The van der Waals surface area contributed by atoms with Crippen molar-refractivity contribution in [3.05, 3.63) is 0 Å². The predicted molar refractivity (Wildman–Crippen MR) is 78.6 cm³/mol. The number of ether oxygens (including phenoxy) is 2. The van der Waals surface area contributed by atoms with E-state index in [1.807, 2.05) is 0 Å². The van der Waals surface area contributed by atoms with Crippen molar-refractivity contribution < 1.29 is 94.0 Å². The highest BCUT2D eigenvalue weighted by molar-refractivity contribution is 5.79. The van der Waals surface area contributed by atoms with E-state index in [1.54, 1.807) is 0 Å². The van der Waals surface area contributed by atoms with Crippen LogP contribution in [-0.4, -0.2) is 70.8 Å². The van der Waals surface area contributed by atoms with E-state index in [9.17, 15) is 75.0 Å². The molecule has 4 unspecified atom stereocenters. The smallest absolute Gasteiger partial charge is 0.462 e. The van der Waals surface area contributed by atoms with Gasteiger partial charge in [0.2, 0.25) is 0 Å². The van der Waals surface area contributed by atoms with Gasteiger partial charge in [0.1, 0.15) is 11.7 Å². The zero-order valence-corrected chi connectivity index (χ0v) is 17.4. The number of aliphatic carboxylic acids is 1. The Labute approximate surface area is 188 Å². The first-order valence-corrected chi connectivity index (χ1v) is 8.67. The maximum absolute atomic E-state index is 15.1. The largest absolute Gasteiger partial charge is 0.479 e. The molecule has 0 heterocycles. The zero-order chi connectivity index (χ0) is 29.8. The predicted octanol–water partition coefficient (Wildman–Crippen LogP) is 6.59. The minimum Gasteiger partial charge on any atom is -0.479 e. The summed E-state index contributed by atoms with van der Waals surface area (Å²) in [4.78, 5) is 10.6. The first-order valence-electron chi connectivity index (χ1n) is 8.67. The average Bonchev–Trinajstić information content (AvgIpc) is 2.62. The van der Waals surface area contributed by atoms with Gasteiger partial charge in [-0.3, -0.25) is 0 Å². The number of carboxylic acids is 1. The number of carbonyl (C=O) groups is 1. The van der Waals surface area contributed by atoms with Gasteiger partial charge in [-0.1, -0.05) is 6.92 Å². The van der Waals surface area contributed by atoms with E-state index in [0.29, 0.717) is 0 Å². The van der Waals surface area contributed by atoms with Gasteiger partial charge in [0.25, 0.3) is 0 Å². The summed E-state index contributed by atoms with van der Waals surface area (Å²) < 4.78 is 232. The summed E-state index contributed by atoms with van der Waals surface area (Å²) in [7, 11) is 0. The maximum Gasteiger partial charge on any atom is 0.462 e. The van der Waals surface area contributed by atoms with Crippen LogP contribution >= 0.6 is 0 Å². The minimum atomic E-state index is -7.44. The molecule has 0 saturated heterocycles. The van der Waals surface area contributed by atoms with Crippen molar-refractivity contribution in [2.24, 2.45) is 0 Å². The summed E-state index contributed by atoms with van der Waals surface area (Å²) in [5, 5.41) is 8.37. The molecule has 0 aliphatic rings. The molecule has 0 saturated carbocycles. The lowest BCUT2D eigenvalue weighted by atomic mass is 9.81. The average molecular weight is 580 g/mol. The van der Waals surface area contributed by atoms with E-state index in [-0.39, 0.29) is 6.92 Å². The van der Waals surface area contributed by atoms with Crippen LogP contribution in [0.25, 0.3) is 0 Å². The van der Waals surface area contributed by atoms with Gasteiger partial charge in [-0.25, -0.2) is 13.6 Å². The van der Waals surface area contributed by atoms with Crippen molar-refractivity contribution >= 4 is 5.97 Å². The standard InChI is InChI=1S/C15H13F17O4/c1-4-7(3,36-15(31,32)10(18,19)13(26,27)28)9(17,12(23,24)25)14(29,30)35-5(2)8(16,6(33)34)11(20,21)22/h5H,4H2,1-3H3,(H,33,34). The molecule has 0 radical (unpaired) electrons. The van der Waals surface area contributed by atoms with Crippen molar-refractivity contribution in [1.82, 2.24) is 0 Å². The maximum atomic E-state index is 15.1. The van der Waals surface area contributed by atoms with Crippen molar-refractivity contribution in [2.75, 3.05) is 0 Å². The quantitative estimate of drug-likeness (QED) is 0.297. The van der Waals surface area contributed by atoms with Crippen LogP contribution in [0.2, 0.25) is 0 Å². The Kier molecular flexibility index (Phi) is 8.73. The highest BCUT2D eigenvalue weighted by atomic mass is 19.4. The molecular weight excluding hydrogens is 567 g/mol. The molecule has 0 amide bonds. The highest BCUT2D eigenvalue weighted by Gasteiger charge is 2.85. The van der Waals surface area contributed by atoms with Crippen LogP contribution in [0.15, 0.2) is 0 Å². The number of halogens is 17. The molecule has 0 aromatic rings. The molecule has 21 heteroatoms. The topological polar surface area (TPSA) is 55.8 Å². The normalized spacial score (nSPS) is 20.8. The Balaban J connectivity index is 7.00. The molecule has 0 aliphatic carbocycles. The number of hydrogen-bond donors (Lipinski definition) is 1. The van der Waals surface area contributed by atoms with Gasteiger partial charge in [-0.05, 0) is 20.3 Å². The number of hydrogen-bond acceptors (Lipinski definition) is 3. The van der Waals surface area contributed by atoms with E-state index in [2.05, 4.69) is 9.47 Å². The van der Waals surface area contributed by atoms with Gasteiger partial charge in [-0.2, -0.15) is 65.9 Å². The number of rotatable bonds is 10. The lowest BCUT2D eigenvalue weighted by Crippen LogP contribution is -2.73. The van der Waals surface area contributed by atoms with Crippen LogP contribution in [-0.2, 0) is 14.3 Å². The van der Waals surface area contributed by atoms with Gasteiger partial charge < -0.3 is 14.6 Å². The summed E-state index contributed by atoms with van der Waals surface area (Å²) in [5.74, 6) is -11.2. The molecule has 0 bridgehead atoms. The van der Waals surface area contributed by atoms with Crippen molar-refractivity contribution in [1.29, 1.82) is 0 Å². The fourth-order valence-electron chi connectivity index (χ4n) is 2.58. The fraction of sp³-hybridized carbons (Fsp3) is 0.933. The van der Waals surface area contributed by atoms with Crippen LogP contribution in [0.4, 0.5) is 74.6 Å².